The highest BCUT2D eigenvalue weighted by Gasteiger charge is 2.20. The Morgan fingerprint density at radius 1 is 0.958 bits per heavy atom. The number of hydrogen-bond donors (Lipinski definition) is 0. The quantitative estimate of drug-likeness (QED) is 0.669. The molecule has 0 bridgehead atoms. The maximum absolute atomic E-state index is 4.72. The van der Waals surface area contributed by atoms with Crippen molar-refractivity contribution in [3.63, 3.8) is 0 Å². The van der Waals surface area contributed by atoms with E-state index in [1.807, 2.05) is 42.6 Å². The highest BCUT2D eigenvalue weighted by Crippen LogP contribution is 2.29. The Bertz CT molecular complexity index is 849. The van der Waals surface area contributed by atoms with Gasteiger partial charge in [-0.05, 0) is 23.3 Å². The minimum Gasteiger partial charge on any atom is -0.294 e. The molecule has 120 valence electrons. The van der Waals surface area contributed by atoms with Gasteiger partial charge in [-0.25, -0.2) is 9.97 Å². The first kappa shape index (κ1) is 15.5. The van der Waals surface area contributed by atoms with Crippen molar-refractivity contribution in [2.75, 3.05) is 6.54 Å². The summed E-state index contributed by atoms with van der Waals surface area (Å²) in [5.74, 6) is 0.806. The van der Waals surface area contributed by atoms with Crippen molar-refractivity contribution < 1.29 is 0 Å². The average molecular weight is 380 g/mol. The van der Waals surface area contributed by atoms with Crippen LogP contribution in [0.3, 0.4) is 0 Å². The zero-order valence-corrected chi connectivity index (χ0v) is 14.9. The molecule has 0 unspecified atom stereocenters. The molecule has 1 aliphatic rings. The van der Waals surface area contributed by atoms with Crippen LogP contribution in [0.1, 0.15) is 16.8 Å². The Morgan fingerprint density at radius 2 is 1.83 bits per heavy atom. The number of aromatic nitrogens is 2. The van der Waals surface area contributed by atoms with Gasteiger partial charge < -0.3 is 0 Å². The van der Waals surface area contributed by atoms with E-state index in [0.29, 0.717) is 0 Å². The summed E-state index contributed by atoms with van der Waals surface area (Å²) in [5.41, 5.74) is 5.01. The summed E-state index contributed by atoms with van der Waals surface area (Å²) in [7, 11) is 0. The van der Waals surface area contributed by atoms with Crippen LogP contribution in [0.5, 0.6) is 0 Å². The van der Waals surface area contributed by atoms with Crippen LogP contribution >= 0.6 is 15.9 Å². The second kappa shape index (κ2) is 6.83. The predicted octanol–water partition coefficient (Wildman–Crippen LogP) is 4.46. The molecule has 3 nitrogen and oxygen atoms in total. The fourth-order valence-electron chi connectivity index (χ4n) is 3.14. The molecule has 4 heteroatoms. The number of rotatable bonds is 4. The molecule has 2 aromatic carbocycles. The van der Waals surface area contributed by atoms with Crippen molar-refractivity contribution in [2.45, 2.75) is 19.5 Å². The van der Waals surface area contributed by atoms with Crippen LogP contribution in [-0.4, -0.2) is 21.4 Å². The number of nitrogens with zero attached hydrogens (tertiary/aromatic N) is 3. The van der Waals surface area contributed by atoms with Crippen molar-refractivity contribution in [1.82, 2.24) is 14.9 Å². The van der Waals surface area contributed by atoms with Gasteiger partial charge in [-0.15, -0.1) is 0 Å². The van der Waals surface area contributed by atoms with Crippen LogP contribution < -0.4 is 0 Å². The minimum atomic E-state index is 0.806. The summed E-state index contributed by atoms with van der Waals surface area (Å²) in [4.78, 5) is 11.6. The molecule has 0 saturated carbocycles. The topological polar surface area (TPSA) is 29.0 Å². The van der Waals surface area contributed by atoms with Crippen molar-refractivity contribution in [3.8, 4) is 11.4 Å². The Hall–Kier alpha value is -2.04. The Morgan fingerprint density at radius 3 is 2.67 bits per heavy atom. The molecular formula is C20H18BrN3. The van der Waals surface area contributed by atoms with Crippen molar-refractivity contribution >= 4 is 15.9 Å². The normalized spacial score (nSPS) is 13.9. The lowest BCUT2D eigenvalue weighted by Gasteiger charge is -2.14. The molecule has 1 aromatic heterocycles. The van der Waals surface area contributed by atoms with Gasteiger partial charge in [0.2, 0.25) is 0 Å². The van der Waals surface area contributed by atoms with E-state index in [1.165, 1.54) is 15.6 Å². The van der Waals surface area contributed by atoms with Gasteiger partial charge in [-0.3, -0.25) is 4.90 Å². The third kappa shape index (κ3) is 3.25. The third-order valence-electron chi connectivity index (χ3n) is 4.42. The Labute approximate surface area is 150 Å². The van der Waals surface area contributed by atoms with Gasteiger partial charge in [-0.1, -0.05) is 58.4 Å². The molecule has 3 aromatic rings. The van der Waals surface area contributed by atoms with Crippen LogP contribution in [-0.2, 0) is 19.5 Å². The zero-order valence-electron chi connectivity index (χ0n) is 13.3. The maximum atomic E-state index is 4.72. The highest BCUT2D eigenvalue weighted by atomic mass is 79.9. The maximum Gasteiger partial charge on any atom is 0.159 e. The first-order valence-electron chi connectivity index (χ1n) is 8.15. The molecule has 0 atom stereocenters. The molecule has 24 heavy (non-hydrogen) atoms. The van der Waals surface area contributed by atoms with Crippen molar-refractivity contribution in [2.24, 2.45) is 0 Å². The molecule has 0 fully saturated rings. The second-order valence-electron chi connectivity index (χ2n) is 6.08. The van der Waals surface area contributed by atoms with Gasteiger partial charge in [0, 0.05) is 48.0 Å². The summed E-state index contributed by atoms with van der Waals surface area (Å²) >= 11 is 3.66. The Balaban J connectivity index is 1.43. The summed E-state index contributed by atoms with van der Waals surface area (Å²) in [6.45, 7) is 3.03. The van der Waals surface area contributed by atoms with Gasteiger partial charge in [0.25, 0.3) is 0 Å². The number of fused-ring (bicyclic) bond motifs is 1. The molecule has 0 radical (unpaired) electrons. The molecule has 2 heterocycles. The number of halogens is 1. The first-order valence-corrected chi connectivity index (χ1v) is 8.95. The molecule has 0 spiro atoms. The molecule has 0 amide bonds. The lowest BCUT2D eigenvalue weighted by atomic mass is 10.1. The van der Waals surface area contributed by atoms with Crippen LogP contribution in [0.4, 0.5) is 0 Å². The van der Waals surface area contributed by atoms with E-state index >= 15 is 0 Å². The van der Waals surface area contributed by atoms with E-state index in [4.69, 9.17) is 4.98 Å². The number of hydrogen-bond acceptors (Lipinski definition) is 3. The van der Waals surface area contributed by atoms with E-state index in [1.54, 1.807) is 0 Å². The summed E-state index contributed by atoms with van der Waals surface area (Å²) in [6, 6.07) is 18.6. The summed E-state index contributed by atoms with van der Waals surface area (Å²) in [6.07, 6.45) is 2.80. The summed E-state index contributed by atoms with van der Waals surface area (Å²) in [5, 5.41) is 0. The number of benzene rings is 2. The van der Waals surface area contributed by atoms with E-state index in [0.717, 1.165) is 43.1 Å². The third-order valence-corrected chi connectivity index (χ3v) is 5.16. The zero-order chi connectivity index (χ0) is 16.4. The van der Waals surface area contributed by atoms with E-state index in [2.05, 4.69) is 44.0 Å². The van der Waals surface area contributed by atoms with Gasteiger partial charge in [0.15, 0.2) is 5.82 Å². The lowest BCUT2D eigenvalue weighted by molar-refractivity contribution is 0.287. The van der Waals surface area contributed by atoms with Crippen molar-refractivity contribution in [3.05, 3.63) is 82.1 Å². The van der Waals surface area contributed by atoms with Crippen molar-refractivity contribution in [1.29, 1.82) is 0 Å². The predicted molar refractivity (Wildman–Crippen MR) is 99.4 cm³/mol. The van der Waals surface area contributed by atoms with Crippen LogP contribution in [0.2, 0.25) is 0 Å². The average Bonchev–Trinajstić information content (AvgIpc) is 3.06. The molecule has 0 saturated heterocycles. The fourth-order valence-corrected chi connectivity index (χ4v) is 3.67. The smallest absolute Gasteiger partial charge is 0.159 e. The first-order chi connectivity index (χ1) is 11.8. The standard InChI is InChI=1S/C20H18BrN3/c21-19-8-4-7-16-13-24(14-18(16)19)12-10-17-9-11-22-20(23-17)15-5-2-1-3-6-15/h1-9,11H,10,12-14H2. The molecule has 0 aliphatic carbocycles. The highest BCUT2D eigenvalue weighted by molar-refractivity contribution is 9.10. The van der Waals surface area contributed by atoms with Gasteiger partial charge in [0.1, 0.15) is 0 Å². The van der Waals surface area contributed by atoms with Gasteiger partial charge in [0.05, 0.1) is 0 Å². The SMILES string of the molecule is Brc1cccc2c1CN(CCc1ccnc(-c3ccccc3)n1)C2. The van der Waals surface area contributed by atoms with Crippen LogP contribution in [0, 0.1) is 0 Å². The van der Waals surface area contributed by atoms with Gasteiger partial charge >= 0.3 is 0 Å². The van der Waals surface area contributed by atoms with E-state index in [-0.39, 0.29) is 0 Å². The monoisotopic (exact) mass is 379 g/mol. The van der Waals surface area contributed by atoms with Gasteiger partial charge in [-0.2, -0.15) is 0 Å². The van der Waals surface area contributed by atoms with Crippen LogP contribution in [0.15, 0.2) is 65.3 Å². The second-order valence-corrected chi connectivity index (χ2v) is 6.93. The van der Waals surface area contributed by atoms with E-state index < -0.39 is 0 Å². The summed E-state index contributed by atoms with van der Waals surface area (Å²) < 4.78 is 1.22. The van der Waals surface area contributed by atoms with Crippen LogP contribution in [0.25, 0.3) is 11.4 Å². The minimum absolute atomic E-state index is 0.806. The molecular weight excluding hydrogens is 362 g/mol. The molecule has 0 N–H and O–H groups in total. The fraction of sp³-hybridized carbons (Fsp3) is 0.200. The Kier molecular flexibility index (Phi) is 4.41. The lowest BCUT2D eigenvalue weighted by Crippen LogP contribution is -2.20. The molecule has 4 rings (SSSR count). The molecule has 1 aliphatic heterocycles. The van der Waals surface area contributed by atoms with E-state index in [9.17, 15) is 0 Å². The largest absolute Gasteiger partial charge is 0.294 e.